The molecule has 2 aliphatic heterocycles. The molecule has 22 heavy (non-hydrogen) atoms. The topological polar surface area (TPSA) is 42.0 Å². The Bertz CT molecular complexity index is 523. The number of carbonyl (C=O) groups is 1. The van der Waals surface area contributed by atoms with Crippen LogP contribution in [0.25, 0.3) is 0 Å². The van der Waals surface area contributed by atoms with E-state index >= 15 is 0 Å². The Morgan fingerprint density at radius 3 is 2.77 bits per heavy atom. The van der Waals surface area contributed by atoms with Crippen LogP contribution in [0.3, 0.4) is 0 Å². The predicted octanol–water partition coefficient (Wildman–Crippen LogP) is 1.14. The maximum absolute atomic E-state index is 12.9. The second kappa shape index (κ2) is 6.62. The maximum atomic E-state index is 12.9. The standard InChI is InChI=1S/C16H21FN2O3/c1-18-8-9-21-15(11-18)16(20)19-7-6-14(10-19)22-13-4-2-12(17)3-5-13/h2-5,14-15H,6-11H2,1H3/t14-,15-/m1/s1. The van der Waals surface area contributed by atoms with E-state index in [0.717, 1.165) is 13.0 Å². The van der Waals surface area contributed by atoms with Gasteiger partial charge in [-0.25, -0.2) is 4.39 Å². The van der Waals surface area contributed by atoms with Gasteiger partial charge in [-0.3, -0.25) is 4.79 Å². The van der Waals surface area contributed by atoms with E-state index in [1.165, 1.54) is 12.1 Å². The molecule has 0 unspecified atom stereocenters. The zero-order chi connectivity index (χ0) is 15.5. The molecule has 1 aromatic rings. The van der Waals surface area contributed by atoms with Crippen LogP contribution in [0.2, 0.25) is 0 Å². The molecular formula is C16H21FN2O3. The first kappa shape index (κ1) is 15.2. The number of likely N-dealkylation sites (tertiary alicyclic amines) is 1. The van der Waals surface area contributed by atoms with Crippen LogP contribution in [0.15, 0.2) is 24.3 Å². The lowest BCUT2D eigenvalue weighted by Crippen LogP contribution is -2.49. The SMILES string of the molecule is CN1CCO[C@@H](C(=O)N2CC[C@@H](Oc3ccc(F)cc3)C2)C1. The van der Waals surface area contributed by atoms with Crippen LogP contribution in [0.4, 0.5) is 4.39 Å². The highest BCUT2D eigenvalue weighted by atomic mass is 19.1. The van der Waals surface area contributed by atoms with Gasteiger partial charge in [0.2, 0.25) is 0 Å². The number of hydrogen-bond donors (Lipinski definition) is 0. The summed E-state index contributed by atoms with van der Waals surface area (Å²) in [6.45, 7) is 3.32. The van der Waals surface area contributed by atoms with Gasteiger partial charge in [0.25, 0.3) is 5.91 Å². The number of hydrogen-bond acceptors (Lipinski definition) is 4. The van der Waals surface area contributed by atoms with Gasteiger partial charge in [-0.2, -0.15) is 0 Å². The molecule has 2 atom stereocenters. The molecule has 120 valence electrons. The Kier molecular flexibility index (Phi) is 4.59. The van der Waals surface area contributed by atoms with Crippen molar-refractivity contribution in [3.8, 4) is 5.75 Å². The Morgan fingerprint density at radius 2 is 2.05 bits per heavy atom. The zero-order valence-corrected chi connectivity index (χ0v) is 12.7. The van der Waals surface area contributed by atoms with E-state index in [2.05, 4.69) is 4.90 Å². The summed E-state index contributed by atoms with van der Waals surface area (Å²) >= 11 is 0. The lowest BCUT2D eigenvalue weighted by Gasteiger charge is -2.31. The number of carbonyl (C=O) groups excluding carboxylic acids is 1. The van der Waals surface area contributed by atoms with E-state index in [1.54, 1.807) is 17.0 Å². The summed E-state index contributed by atoms with van der Waals surface area (Å²) in [6, 6.07) is 5.97. The molecule has 0 spiro atoms. The summed E-state index contributed by atoms with van der Waals surface area (Å²) in [4.78, 5) is 16.4. The Balaban J connectivity index is 1.53. The summed E-state index contributed by atoms with van der Waals surface area (Å²) in [7, 11) is 1.99. The van der Waals surface area contributed by atoms with Gasteiger partial charge >= 0.3 is 0 Å². The number of morpholine rings is 1. The molecular weight excluding hydrogens is 287 g/mol. The number of benzene rings is 1. The molecule has 2 saturated heterocycles. The molecule has 0 aromatic heterocycles. The van der Waals surface area contributed by atoms with Gasteiger partial charge in [-0.1, -0.05) is 0 Å². The van der Waals surface area contributed by atoms with Crippen molar-refractivity contribution in [1.82, 2.24) is 9.80 Å². The van der Waals surface area contributed by atoms with Gasteiger partial charge in [0, 0.05) is 26.1 Å². The lowest BCUT2D eigenvalue weighted by atomic mass is 10.2. The molecule has 0 bridgehead atoms. The molecule has 0 N–H and O–H groups in total. The van der Waals surface area contributed by atoms with E-state index in [9.17, 15) is 9.18 Å². The first-order chi connectivity index (χ1) is 10.6. The van der Waals surface area contributed by atoms with E-state index in [4.69, 9.17) is 9.47 Å². The molecule has 1 aromatic carbocycles. The minimum absolute atomic E-state index is 0.0387. The van der Waals surface area contributed by atoms with E-state index in [0.29, 0.717) is 32.0 Å². The van der Waals surface area contributed by atoms with Gasteiger partial charge in [-0.15, -0.1) is 0 Å². The van der Waals surface area contributed by atoms with Crippen molar-refractivity contribution in [2.75, 3.05) is 39.8 Å². The summed E-state index contributed by atoms with van der Waals surface area (Å²) < 4.78 is 24.3. The van der Waals surface area contributed by atoms with Gasteiger partial charge < -0.3 is 19.3 Å². The number of amides is 1. The van der Waals surface area contributed by atoms with Crippen LogP contribution in [0, 0.1) is 5.82 Å². The lowest BCUT2D eigenvalue weighted by molar-refractivity contribution is -0.148. The monoisotopic (exact) mass is 308 g/mol. The number of halogens is 1. The van der Waals surface area contributed by atoms with Crippen LogP contribution in [0.1, 0.15) is 6.42 Å². The molecule has 1 amide bonds. The Morgan fingerprint density at radius 1 is 1.27 bits per heavy atom. The van der Waals surface area contributed by atoms with E-state index in [1.807, 2.05) is 7.05 Å². The number of rotatable bonds is 3. The third-order valence-electron chi connectivity index (χ3n) is 4.12. The summed E-state index contributed by atoms with van der Waals surface area (Å²) in [5.41, 5.74) is 0. The van der Waals surface area contributed by atoms with E-state index in [-0.39, 0.29) is 23.9 Å². The molecule has 6 heteroatoms. The fraction of sp³-hybridized carbons (Fsp3) is 0.562. The minimum Gasteiger partial charge on any atom is -0.489 e. The number of likely N-dealkylation sites (N-methyl/N-ethyl adjacent to an activating group) is 1. The quantitative estimate of drug-likeness (QED) is 0.840. The van der Waals surface area contributed by atoms with Crippen molar-refractivity contribution in [3.63, 3.8) is 0 Å². The molecule has 0 radical (unpaired) electrons. The van der Waals surface area contributed by atoms with Crippen molar-refractivity contribution >= 4 is 5.91 Å². The van der Waals surface area contributed by atoms with Gasteiger partial charge in [-0.05, 0) is 31.3 Å². The van der Waals surface area contributed by atoms with Crippen molar-refractivity contribution in [1.29, 1.82) is 0 Å². The normalized spacial score (nSPS) is 26.2. The van der Waals surface area contributed by atoms with Crippen LogP contribution in [0.5, 0.6) is 5.75 Å². The second-order valence-electron chi connectivity index (χ2n) is 5.89. The van der Waals surface area contributed by atoms with Crippen molar-refractivity contribution in [3.05, 3.63) is 30.1 Å². The number of nitrogens with zero attached hydrogens (tertiary/aromatic N) is 2. The zero-order valence-electron chi connectivity index (χ0n) is 12.7. The third-order valence-corrected chi connectivity index (χ3v) is 4.12. The molecule has 2 heterocycles. The summed E-state index contributed by atoms with van der Waals surface area (Å²) in [5, 5.41) is 0. The smallest absolute Gasteiger partial charge is 0.253 e. The summed E-state index contributed by atoms with van der Waals surface area (Å²) in [6.07, 6.45) is 0.366. The number of ether oxygens (including phenoxy) is 2. The van der Waals surface area contributed by atoms with Crippen molar-refractivity contribution < 1.29 is 18.7 Å². The molecule has 0 aliphatic carbocycles. The minimum atomic E-state index is -0.372. The second-order valence-corrected chi connectivity index (χ2v) is 5.89. The van der Waals surface area contributed by atoms with E-state index < -0.39 is 0 Å². The molecule has 2 fully saturated rings. The Hall–Kier alpha value is -1.66. The molecule has 5 nitrogen and oxygen atoms in total. The van der Waals surface area contributed by atoms with Crippen molar-refractivity contribution in [2.45, 2.75) is 18.6 Å². The molecule has 2 aliphatic rings. The maximum Gasteiger partial charge on any atom is 0.253 e. The first-order valence-corrected chi connectivity index (χ1v) is 7.63. The first-order valence-electron chi connectivity index (χ1n) is 7.63. The average molecular weight is 308 g/mol. The fourth-order valence-corrected chi connectivity index (χ4v) is 2.86. The highest BCUT2D eigenvalue weighted by Crippen LogP contribution is 2.20. The highest BCUT2D eigenvalue weighted by molar-refractivity contribution is 5.81. The highest BCUT2D eigenvalue weighted by Gasteiger charge is 2.34. The third kappa shape index (κ3) is 3.56. The van der Waals surface area contributed by atoms with Crippen LogP contribution in [-0.2, 0) is 9.53 Å². The van der Waals surface area contributed by atoms with Gasteiger partial charge in [0.05, 0.1) is 13.2 Å². The van der Waals surface area contributed by atoms with Gasteiger partial charge in [0.15, 0.2) is 0 Å². The summed E-state index contributed by atoms with van der Waals surface area (Å²) in [5.74, 6) is 0.389. The molecule has 0 saturated carbocycles. The van der Waals surface area contributed by atoms with Crippen LogP contribution < -0.4 is 4.74 Å². The molecule has 3 rings (SSSR count). The average Bonchev–Trinajstić information content (AvgIpc) is 2.97. The van der Waals surface area contributed by atoms with Crippen molar-refractivity contribution in [2.24, 2.45) is 0 Å². The van der Waals surface area contributed by atoms with Crippen LogP contribution in [-0.4, -0.2) is 67.7 Å². The predicted molar refractivity (Wildman–Crippen MR) is 79.3 cm³/mol. The Labute approximate surface area is 129 Å². The fourth-order valence-electron chi connectivity index (χ4n) is 2.86. The van der Waals surface area contributed by atoms with Gasteiger partial charge in [0.1, 0.15) is 23.8 Å². The largest absolute Gasteiger partial charge is 0.489 e. The van der Waals surface area contributed by atoms with Crippen LogP contribution >= 0.6 is 0 Å².